The van der Waals surface area contributed by atoms with Gasteiger partial charge in [0, 0.05) is 78.0 Å². The SMILES string of the molecule is COP(O)(=S)OCCCCCCOCC(COCCCOP(O)(=S)OCCCCOC[C@@H]1OC(CO)[C@H](O)[C@H](O)C1C)(COCCCOP(O)(=S)OCCCCO[C@@H]1OC(CO)[C@H](C)[C@H](O)C1C)COCCCOP(O)(=S)OCCCCO[C@@H]1OC(CO)[C@H](O)[C@H](O)C1NC(C)=O. The molecule has 32 nitrogen and oxygen atoms in total. The number of hydrogen-bond acceptors (Lipinski definition) is 31. The summed E-state index contributed by atoms with van der Waals surface area (Å²) in [6.07, 6.45) is -4.26. The van der Waals surface area contributed by atoms with E-state index in [0.717, 1.165) is 12.8 Å². The highest BCUT2D eigenvalue weighted by Crippen LogP contribution is 2.46. The van der Waals surface area contributed by atoms with Crippen LogP contribution in [0.3, 0.4) is 0 Å². The number of unbranched alkanes of at least 4 members (excludes halogenated alkanes) is 6. The van der Waals surface area contributed by atoms with Crippen LogP contribution >= 0.6 is 26.9 Å². The fraction of sp³-hybridized carbons (Fsp3) is 0.982. The van der Waals surface area contributed by atoms with E-state index in [1.807, 2.05) is 13.8 Å². The molecule has 3 rings (SSSR count). The Hall–Kier alpha value is 0.870. The van der Waals surface area contributed by atoms with Crippen LogP contribution in [0, 0.1) is 23.2 Å². The summed E-state index contributed by atoms with van der Waals surface area (Å²) in [6, 6.07) is -1.09. The van der Waals surface area contributed by atoms with Gasteiger partial charge in [-0.15, -0.1) is 0 Å². The molecular formula is C57H113NO31P4S4. The number of hydrogen-bond donors (Lipinski definition) is 13. The second kappa shape index (κ2) is 50.4. The van der Waals surface area contributed by atoms with Gasteiger partial charge in [-0.3, -0.25) is 4.79 Å². The number of aliphatic hydroxyl groups is 8. The lowest BCUT2D eigenvalue weighted by Crippen LogP contribution is -2.64. The smallest absolute Gasteiger partial charge is 0.324 e. The van der Waals surface area contributed by atoms with Gasteiger partial charge in [0.15, 0.2) is 12.6 Å². The van der Waals surface area contributed by atoms with Gasteiger partial charge < -0.3 is 149 Å². The number of ether oxygens (including phenoxy) is 10. The minimum Gasteiger partial charge on any atom is -0.394 e. The van der Waals surface area contributed by atoms with E-state index in [1.165, 1.54) is 14.0 Å². The van der Waals surface area contributed by atoms with Gasteiger partial charge in [-0.1, -0.05) is 33.6 Å². The Balaban J connectivity index is 1.56. The molecule has 576 valence electrons. The van der Waals surface area contributed by atoms with Crippen LogP contribution in [0.1, 0.15) is 111 Å². The number of aliphatic hydroxyl groups excluding tert-OH is 8. The molecule has 3 fully saturated rings. The third-order valence-electron chi connectivity index (χ3n) is 16.0. The summed E-state index contributed by atoms with van der Waals surface area (Å²) in [5.74, 6) is -1.44. The summed E-state index contributed by atoms with van der Waals surface area (Å²) < 4.78 is 103. The molecule has 0 radical (unpaired) electrons. The Bertz CT molecular complexity index is 2290. The third kappa shape index (κ3) is 37.8. The molecule has 0 saturated carbocycles. The van der Waals surface area contributed by atoms with E-state index < -0.39 is 131 Å². The fourth-order valence-electron chi connectivity index (χ4n) is 10.1. The van der Waals surface area contributed by atoms with Gasteiger partial charge in [-0.2, -0.15) is 0 Å². The van der Waals surface area contributed by atoms with Crippen molar-refractivity contribution in [3.05, 3.63) is 0 Å². The zero-order chi connectivity index (χ0) is 71.9. The van der Waals surface area contributed by atoms with Crippen molar-refractivity contribution >= 4 is 80.0 Å². The zero-order valence-corrected chi connectivity index (χ0v) is 63.3. The van der Waals surface area contributed by atoms with Crippen molar-refractivity contribution < 1.29 is 149 Å². The number of rotatable bonds is 58. The van der Waals surface area contributed by atoms with Crippen molar-refractivity contribution in [3.8, 4) is 0 Å². The minimum atomic E-state index is -3.69. The molecule has 3 aliphatic rings. The molecule has 40 heteroatoms. The van der Waals surface area contributed by atoms with Crippen LogP contribution in [0.15, 0.2) is 0 Å². The standard InChI is InChI=1S/C57H113NO31P4S4/c1-41-45(33-59)88-55(43(3)50(41)63)78-24-11-14-28-82-92(70,96)85-31-17-22-76-39-57(37-74-20-8-6-7-9-26-80-90(68,94)72-5,38-75-21-16-30-84-91(69,95)81-27-13-10-19-73-36-48-42(2)51(64)52(65)46(34-60)87-48)40-77-23-18-32-86-93(71,97)83-29-15-12-25-79-56-49(58-44(4)62)54(67)53(66)47(35-61)89-56/h41-43,45-56,59-61,63-67H,6-40H2,1-5H3,(H,58,62)(H,68,94)(H,69,95)(H,70,96)(H,71,97)/t41-,42?,43?,45?,46?,47?,48-,49?,50-,51+,52-,53-,54+,55+,56+,57?,90?,91?,92?,93?/m0/s1. The number of amides is 1. The van der Waals surface area contributed by atoms with E-state index in [4.69, 9.17) is 131 Å². The maximum Gasteiger partial charge on any atom is 0.324 e. The Labute approximate surface area is 591 Å². The number of carbonyl (C=O) groups excluding carboxylic acids is 1. The van der Waals surface area contributed by atoms with Crippen molar-refractivity contribution in [2.24, 2.45) is 23.2 Å². The first-order chi connectivity index (χ1) is 46.1. The molecule has 0 aromatic carbocycles. The normalized spacial score (nSPS) is 29.5. The van der Waals surface area contributed by atoms with Gasteiger partial charge in [0.2, 0.25) is 5.91 Å². The summed E-state index contributed by atoms with van der Waals surface area (Å²) in [7, 11) is 1.29. The summed E-state index contributed by atoms with van der Waals surface area (Å²) in [4.78, 5) is 54.0. The molecule has 13 N–H and O–H groups in total. The van der Waals surface area contributed by atoms with E-state index in [-0.39, 0.29) is 137 Å². The summed E-state index contributed by atoms with van der Waals surface area (Å²) in [5.41, 5.74) is -0.924. The molecule has 3 aliphatic heterocycles. The molecule has 0 spiro atoms. The van der Waals surface area contributed by atoms with Gasteiger partial charge in [0.05, 0.1) is 129 Å². The summed E-state index contributed by atoms with van der Waals surface area (Å²) >= 11 is 20.7. The predicted octanol–water partition coefficient (Wildman–Crippen LogP) is 2.20. The lowest BCUT2D eigenvalue weighted by molar-refractivity contribution is -0.270. The van der Waals surface area contributed by atoms with E-state index in [2.05, 4.69) is 5.32 Å². The maximum atomic E-state index is 11.8. The first kappa shape index (κ1) is 92.1. The minimum absolute atomic E-state index is 0.00584. The second-order valence-electron chi connectivity index (χ2n) is 24.1. The lowest BCUT2D eigenvalue weighted by atomic mass is 9.86. The van der Waals surface area contributed by atoms with Crippen molar-refractivity contribution in [2.75, 3.05) is 152 Å². The highest BCUT2D eigenvalue weighted by atomic mass is 32.5. The molecule has 0 aromatic heterocycles. The van der Waals surface area contributed by atoms with Gasteiger partial charge in [-0.05, 0) is 118 Å². The first-order valence-corrected chi connectivity index (χ1v) is 43.4. The van der Waals surface area contributed by atoms with E-state index in [1.54, 1.807) is 6.92 Å². The molecule has 97 heavy (non-hydrogen) atoms. The molecule has 20 atom stereocenters. The predicted molar refractivity (Wildman–Crippen MR) is 366 cm³/mol. The Morgan fingerprint density at radius 2 is 0.742 bits per heavy atom. The summed E-state index contributed by atoms with van der Waals surface area (Å²) in [5, 5.41) is 83.1. The van der Waals surface area contributed by atoms with Crippen LogP contribution in [0.25, 0.3) is 0 Å². The number of nitrogens with one attached hydrogen (secondary N) is 1. The fourth-order valence-corrected chi connectivity index (χ4v) is 14.5. The van der Waals surface area contributed by atoms with Crippen LogP contribution in [0.2, 0.25) is 0 Å². The molecule has 3 heterocycles. The molecule has 3 saturated heterocycles. The Kier molecular flexibility index (Phi) is 47.9. The van der Waals surface area contributed by atoms with Crippen LogP contribution in [-0.4, -0.2) is 292 Å². The van der Waals surface area contributed by atoms with E-state index >= 15 is 0 Å². The summed E-state index contributed by atoms with van der Waals surface area (Å²) in [6.45, 7) is -6.49. The Morgan fingerprint density at radius 1 is 0.402 bits per heavy atom. The molecule has 11 unspecified atom stereocenters. The average Bonchev–Trinajstić information content (AvgIpc) is 0.847. The van der Waals surface area contributed by atoms with Crippen LogP contribution in [-0.2, 0) is 136 Å². The van der Waals surface area contributed by atoms with Crippen molar-refractivity contribution in [1.82, 2.24) is 5.32 Å². The highest BCUT2D eigenvalue weighted by molar-refractivity contribution is 8.08. The topological polar surface area (TPSA) is 438 Å². The average molecular weight is 1560 g/mol. The van der Waals surface area contributed by atoms with E-state index in [9.17, 15) is 65.2 Å². The molecular weight excluding hydrogens is 1450 g/mol. The van der Waals surface area contributed by atoms with Crippen LogP contribution in [0.4, 0.5) is 0 Å². The monoisotopic (exact) mass is 1560 g/mol. The second-order valence-corrected chi connectivity index (χ2v) is 35.6. The van der Waals surface area contributed by atoms with Crippen LogP contribution < -0.4 is 5.32 Å². The lowest BCUT2D eigenvalue weighted by Gasteiger charge is -2.42. The highest BCUT2D eigenvalue weighted by Gasteiger charge is 2.46. The van der Waals surface area contributed by atoms with Gasteiger partial charge in [-0.25, -0.2) is 0 Å². The van der Waals surface area contributed by atoms with Crippen molar-refractivity contribution in [1.29, 1.82) is 0 Å². The number of carbonyl (C=O) groups is 1. The maximum absolute atomic E-state index is 11.8. The molecule has 0 bridgehead atoms. The van der Waals surface area contributed by atoms with Gasteiger partial charge in [0.25, 0.3) is 0 Å². The molecule has 0 aromatic rings. The van der Waals surface area contributed by atoms with Gasteiger partial charge >= 0.3 is 26.9 Å². The van der Waals surface area contributed by atoms with Crippen molar-refractivity contribution in [3.63, 3.8) is 0 Å². The van der Waals surface area contributed by atoms with Crippen LogP contribution in [0.5, 0.6) is 0 Å². The van der Waals surface area contributed by atoms with Crippen molar-refractivity contribution in [2.45, 2.75) is 185 Å². The molecule has 1 amide bonds. The first-order valence-electron chi connectivity index (χ1n) is 33.0. The Morgan fingerprint density at radius 3 is 1.19 bits per heavy atom. The van der Waals surface area contributed by atoms with E-state index in [0.29, 0.717) is 77.4 Å². The van der Waals surface area contributed by atoms with Gasteiger partial charge in [0.1, 0.15) is 36.6 Å². The zero-order valence-electron chi connectivity index (χ0n) is 56.5. The quantitative estimate of drug-likeness (QED) is 0.0307. The molecule has 0 aliphatic carbocycles. The largest absolute Gasteiger partial charge is 0.394 e. The third-order valence-corrected chi connectivity index (χ3v) is 22.6.